The topological polar surface area (TPSA) is 107 Å². The first-order valence-corrected chi connectivity index (χ1v) is 12.8. The molecule has 0 bridgehead atoms. The Morgan fingerprint density at radius 3 is 2.56 bits per heavy atom. The van der Waals surface area contributed by atoms with Crippen molar-refractivity contribution < 1.29 is 37.9 Å². The zero-order chi connectivity index (χ0) is 26.2. The molecule has 1 atom stereocenters. The van der Waals surface area contributed by atoms with Gasteiger partial charge in [-0.15, -0.1) is 0 Å². The minimum atomic E-state index is -0.0339. The number of aromatic nitrogens is 4. The summed E-state index contributed by atoms with van der Waals surface area (Å²) < 4.78 is 10.4. The number of ketones is 1. The van der Waals surface area contributed by atoms with E-state index in [2.05, 4.69) is 20.2 Å². The van der Waals surface area contributed by atoms with E-state index in [0.717, 1.165) is 66.2 Å². The summed E-state index contributed by atoms with van der Waals surface area (Å²) >= 11 is 0. The van der Waals surface area contributed by atoms with Crippen LogP contribution in [0.25, 0.3) is 33.8 Å². The fourth-order valence-corrected chi connectivity index (χ4v) is 4.99. The average molecular weight is 517 g/mol. The van der Waals surface area contributed by atoms with E-state index in [0.29, 0.717) is 17.9 Å². The van der Waals surface area contributed by atoms with Gasteiger partial charge in [0.05, 0.1) is 29.9 Å². The van der Waals surface area contributed by atoms with Crippen LogP contribution in [-0.2, 0) is 14.3 Å². The largest absolute Gasteiger partial charge is 1.00 e. The molecule has 8 nitrogen and oxygen atoms in total. The van der Waals surface area contributed by atoms with Crippen molar-refractivity contribution in [3.8, 4) is 33.8 Å². The molecule has 1 unspecified atom stereocenters. The van der Waals surface area contributed by atoms with E-state index in [-0.39, 0.29) is 37.2 Å². The first kappa shape index (κ1) is 28.4. The molecule has 1 aliphatic rings. The van der Waals surface area contributed by atoms with Gasteiger partial charge in [-0.05, 0) is 60.9 Å². The number of H-pyrrole nitrogens is 1. The quantitative estimate of drug-likeness (QED) is 0.185. The number of hydrogen-bond acceptors (Lipinski definition) is 7. The van der Waals surface area contributed by atoms with Gasteiger partial charge in [0.25, 0.3) is 0 Å². The summed E-state index contributed by atoms with van der Waals surface area (Å²) in [6.45, 7) is 3.19. The van der Waals surface area contributed by atoms with Crippen molar-refractivity contribution >= 4 is 12.3 Å². The number of rotatable bonds is 11. The Kier molecular flexibility index (Phi) is 10.2. The summed E-state index contributed by atoms with van der Waals surface area (Å²) in [5.74, 6) is 0.475. The number of pyridine rings is 2. The second kappa shape index (κ2) is 14.0. The number of nitrogens with zero attached hydrogens (tertiary/aromatic N) is 3. The third-order valence-electron chi connectivity index (χ3n) is 6.99. The van der Waals surface area contributed by atoms with Crippen LogP contribution in [0.3, 0.4) is 0 Å². The van der Waals surface area contributed by atoms with Crippen molar-refractivity contribution in [2.45, 2.75) is 25.7 Å². The predicted octanol–water partition coefficient (Wildman–Crippen LogP) is 2.29. The second-order valence-electron chi connectivity index (χ2n) is 9.56. The number of carbonyl (C=O) groups is 1. The molecule has 1 N–H and O–H groups in total. The van der Waals surface area contributed by atoms with E-state index in [1.807, 2.05) is 54.6 Å². The Hall–Kier alpha value is -3.57. The molecule has 0 aliphatic carbocycles. The number of benzene rings is 1. The van der Waals surface area contributed by atoms with Crippen LogP contribution in [0.4, 0.5) is 0 Å². The first-order valence-electron chi connectivity index (χ1n) is 12.8. The smallest absolute Gasteiger partial charge is 0.652 e. The van der Waals surface area contributed by atoms with Gasteiger partial charge in [0.15, 0.2) is 5.78 Å². The average Bonchev–Trinajstić information content (AvgIpc) is 3.47. The monoisotopic (exact) mass is 516 g/mol. The van der Waals surface area contributed by atoms with Crippen LogP contribution in [0.5, 0.6) is 0 Å². The van der Waals surface area contributed by atoms with E-state index < -0.39 is 0 Å². The SMILES string of the molecule is O=[C-]OCC(CC(=O)c1ccc(-c2cc(-c3cn[nH]c3-c3ccccn3)ccn2)cc1)CC1CCOCC1.[Li+]. The van der Waals surface area contributed by atoms with Crippen LogP contribution in [0.1, 0.15) is 36.0 Å². The van der Waals surface area contributed by atoms with Crippen LogP contribution in [-0.4, -0.2) is 52.2 Å². The van der Waals surface area contributed by atoms with Gasteiger partial charge in [0.1, 0.15) is 0 Å². The van der Waals surface area contributed by atoms with Gasteiger partial charge in [-0.2, -0.15) is 5.10 Å². The maximum atomic E-state index is 13.1. The molecule has 9 heteroatoms. The summed E-state index contributed by atoms with van der Waals surface area (Å²) in [6, 6.07) is 17.2. The third kappa shape index (κ3) is 7.30. The number of aromatic amines is 1. The van der Waals surface area contributed by atoms with E-state index >= 15 is 0 Å². The van der Waals surface area contributed by atoms with Gasteiger partial charge in [0, 0.05) is 48.7 Å². The molecule has 1 aromatic carbocycles. The normalized spacial score (nSPS) is 14.3. The van der Waals surface area contributed by atoms with Crippen LogP contribution >= 0.6 is 0 Å². The van der Waals surface area contributed by atoms with Crippen molar-refractivity contribution in [1.82, 2.24) is 20.2 Å². The number of ether oxygens (including phenoxy) is 2. The summed E-state index contributed by atoms with van der Waals surface area (Å²) in [7, 11) is 0. The van der Waals surface area contributed by atoms with Crippen molar-refractivity contribution in [2.75, 3.05) is 19.8 Å². The molecule has 4 aromatic rings. The summed E-state index contributed by atoms with van der Waals surface area (Å²) in [5.41, 5.74) is 5.88. The standard InChI is InChI=1S/C30H29N4O4.Li/c35-20-38-19-22(15-21-9-13-37-14-10-21)16-29(36)24-6-4-23(5-7-24)28-17-25(8-12-32-28)26-18-33-34-30(26)27-3-1-2-11-31-27;/h1-8,11-12,17-18,21-22H,9-10,13-16,19H2,(H,33,34);/q-1;+1. The fraction of sp³-hybridized carbons (Fsp3) is 0.300. The predicted molar refractivity (Wildman–Crippen MR) is 143 cm³/mol. The van der Waals surface area contributed by atoms with Crippen LogP contribution in [0, 0.1) is 11.8 Å². The Labute approximate surface area is 239 Å². The Balaban J connectivity index is 0.00000353. The molecule has 4 heterocycles. The van der Waals surface area contributed by atoms with Gasteiger partial charge < -0.3 is 14.3 Å². The molecule has 3 aromatic heterocycles. The van der Waals surface area contributed by atoms with Crippen molar-refractivity contribution in [3.05, 3.63) is 78.8 Å². The van der Waals surface area contributed by atoms with Crippen LogP contribution < -0.4 is 18.9 Å². The zero-order valence-electron chi connectivity index (χ0n) is 22.0. The molecule has 194 valence electrons. The molecular weight excluding hydrogens is 487 g/mol. The van der Waals surface area contributed by atoms with Gasteiger partial charge in [-0.3, -0.25) is 19.9 Å². The fourth-order valence-electron chi connectivity index (χ4n) is 4.99. The Morgan fingerprint density at radius 1 is 1.03 bits per heavy atom. The number of nitrogens with one attached hydrogen (secondary N) is 1. The molecule has 1 aliphatic heterocycles. The third-order valence-corrected chi connectivity index (χ3v) is 6.99. The Morgan fingerprint density at radius 2 is 1.82 bits per heavy atom. The van der Waals surface area contributed by atoms with E-state index in [9.17, 15) is 9.59 Å². The molecular formula is C30H29LiN4O4. The number of hydrogen-bond donors (Lipinski definition) is 1. The number of carbonyl (C=O) groups excluding carboxylic acids is 2. The molecule has 5 rings (SSSR count). The second-order valence-corrected chi connectivity index (χ2v) is 9.56. The van der Waals surface area contributed by atoms with Gasteiger partial charge >= 0.3 is 18.9 Å². The number of Topliss-reactive ketones (excluding diaryl/α,β-unsaturated/α-hetero) is 1. The van der Waals surface area contributed by atoms with Crippen molar-refractivity contribution in [1.29, 1.82) is 0 Å². The molecule has 0 amide bonds. The molecule has 0 saturated carbocycles. The molecule has 0 spiro atoms. The van der Waals surface area contributed by atoms with E-state index in [4.69, 9.17) is 9.47 Å². The summed E-state index contributed by atoms with van der Waals surface area (Å²) in [6.07, 6.45) is 8.40. The van der Waals surface area contributed by atoms with Gasteiger partial charge in [0.2, 0.25) is 0 Å². The summed E-state index contributed by atoms with van der Waals surface area (Å²) in [4.78, 5) is 32.7. The maximum absolute atomic E-state index is 13.1. The molecule has 39 heavy (non-hydrogen) atoms. The molecule has 1 fully saturated rings. The molecule has 0 radical (unpaired) electrons. The van der Waals surface area contributed by atoms with Gasteiger partial charge in [-0.1, -0.05) is 36.8 Å². The van der Waals surface area contributed by atoms with E-state index in [1.54, 1.807) is 18.6 Å². The maximum Gasteiger partial charge on any atom is 1.00 e. The first-order chi connectivity index (χ1) is 18.7. The van der Waals surface area contributed by atoms with Crippen molar-refractivity contribution in [3.63, 3.8) is 0 Å². The zero-order valence-corrected chi connectivity index (χ0v) is 22.0. The summed E-state index contributed by atoms with van der Waals surface area (Å²) in [5, 5.41) is 7.27. The molecule has 1 saturated heterocycles. The van der Waals surface area contributed by atoms with Crippen LogP contribution in [0.15, 0.2) is 73.2 Å². The minimum absolute atomic E-state index is 0. The van der Waals surface area contributed by atoms with Crippen LogP contribution in [0.2, 0.25) is 0 Å². The Bertz CT molecular complexity index is 1350. The van der Waals surface area contributed by atoms with Gasteiger partial charge in [-0.25, -0.2) is 0 Å². The van der Waals surface area contributed by atoms with E-state index in [1.165, 1.54) is 6.47 Å². The van der Waals surface area contributed by atoms with Crippen molar-refractivity contribution in [2.24, 2.45) is 11.8 Å². The minimum Gasteiger partial charge on any atom is -0.652 e.